The quantitative estimate of drug-likeness (QED) is 0.363. The second-order valence-electron chi connectivity index (χ2n) is 8.78. The van der Waals surface area contributed by atoms with Crippen LogP contribution in [0.25, 0.3) is 10.2 Å². The van der Waals surface area contributed by atoms with Crippen LogP contribution in [-0.2, 0) is 0 Å². The van der Waals surface area contributed by atoms with Gasteiger partial charge in [-0.15, -0.1) is 0 Å². The lowest BCUT2D eigenvalue weighted by Gasteiger charge is -2.31. The number of ether oxygens (including phenoxy) is 1. The van der Waals surface area contributed by atoms with Crippen LogP contribution in [0.3, 0.4) is 0 Å². The number of rotatable bonds is 6. The fraction of sp³-hybridized carbons (Fsp3) is 0.320. The highest BCUT2D eigenvalue weighted by Crippen LogP contribution is 2.46. The Kier molecular flexibility index (Phi) is 5.53. The van der Waals surface area contributed by atoms with E-state index in [1.165, 1.54) is 0 Å². The molecule has 6 nitrogen and oxygen atoms in total. The molecule has 164 valence electrons. The van der Waals surface area contributed by atoms with E-state index in [0.29, 0.717) is 11.6 Å². The van der Waals surface area contributed by atoms with Crippen LogP contribution in [0.4, 0.5) is 10.8 Å². The topological polar surface area (TPSA) is 80.2 Å². The smallest absolute Gasteiger partial charge is 0.241 e. The van der Waals surface area contributed by atoms with Crippen LogP contribution in [0.1, 0.15) is 44.7 Å². The largest absolute Gasteiger partial charge is 0.437 e. The summed E-state index contributed by atoms with van der Waals surface area (Å²) < 4.78 is 7.29. The summed E-state index contributed by atoms with van der Waals surface area (Å²) in [5.41, 5.74) is 2.00. The number of benzene rings is 2. The summed E-state index contributed by atoms with van der Waals surface area (Å²) in [4.78, 5) is 13.7. The lowest BCUT2D eigenvalue weighted by molar-refractivity contribution is 0.0118. The number of para-hydroxylation sites is 1. The van der Waals surface area contributed by atoms with E-state index in [1.54, 1.807) is 23.7 Å². The number of hydrogen-bond donors (Lipinski definition) is 2. The number of anilines is 2. The first-order valence-electron chi connectivity index (χ1n) is 10.9. The summed E-state index contributed by atoms with van der Waals surface area (Å²) in [5, 5.41) is 14.8. The third-order valence-corrected chi connectivity index (χ3v) is 7.03. The van der Waals surface area contributed by atoms with Gasteiger partial charge in [-0.3, -0.25) is 4.98 Å². The van der Waals surface area contributed by atoms with Gasteiger partial charge in [0.25, 0.3) is 0 Å². The highest BCUT2D eigenvalue weighted by atomic mass is 32.1. The Bertz CT molecular complexity index is 1180. The van der Waals surface area contributed by atoms with Crippen molar-refractivity contribution in [2.45, 2.75) is 44.6 Å². The number of hydrogen-bond acceptors (Lipinski definition) is 7. The van der Waals surface area contributed by atoms with Crippen LogP contribution in [-0.4, -0.2) is 25.7 Å². The Morgan fingerprint density at radius 3 is 2.59 bits per heavy atom. The maximum Gasteiger partial charge on any atom is 0.241 e. The molecule has 0 radical (unpaired) electrons. The van der Waals surface area contributed by atoms with Crippen molar-refractivity contribution in [1.82, 2.24) is 15.0 Å². The Labute approximate surface area is 191 Å². The van der Waals surface area contributed by atoms with Crippen LogP contribution in [0, 0.1) is 5.92 Å². The van der Waals surface area contributed by atoms with Crippen molar-refractivity contribution in [2.24, 2.45) is 5.92 Å². The molecule has 7 heteroatoms. The van der Waals surface area contributed by atoms with Crippen LogP contribution in [0.2, 0.25) is 0 Å². The molecule has 0 bridgehead atoms. The molecule has 2 aromatic carbocycles. The fourth-order valence-corrected chi connectivity index (χ4v) is 5.46. The number of nitrogens with zero attached hydrogens (tertiary/aromatic N) is 3. The molecule has 0 amide bonds. The molecule has 1 saturated carbocycles. The molecule has 0 saturated heterocycles. The predicted octanol–water partition coefficient (Wildman–Crippen LogP) is 6.28. The first kappa shape index (κ1) is 20.8. The first-order valence-corrected chi connectivity index (χ1v) is 11.7. The van der Waals surface area contributed by atoms with E-state index in [9.17, 15) is 5.11 Å². The van der Waals surface area contributed by atoms with Gasteiger partial charge in [-0.1, -0.05) is 29.9 Å². The zero-order chi connectivity index (χ0) is 22.1. The molecule has 1 aliphatic rings. The van der Waals surface area contributed by atoms with Gasteiger partial charge in [0.05, 0.1) is 15.8 Å². The van der Waals surface area contributed by atoms with Gasteiger partial charge in [0.2, 0.25) is 5.88 Å². The molecule has 32 heavy (non-hydrogen) atoms. The molecular formula is C25H26N4O2S. The second kappa shape index (κ2) is 8.48. The number of nitrogens with one attached hydrogen (secondary N) is 1. The minimum absolute atomic E-state index is 0.138. The van der Waals surface area contributed by atoms with Crippen molar-refractivity contribution in [3.05, 3.63) is 66.6 Å². The third kappa shape index (κ3) is 4.31. The average Bonchev–Trinajstić information content (AvgIpc) is 3.42. The van der Waals surface area contributed by atoms with Gasteiger partial charge in [0.15, 0.2) is 5.13 Å². The zero-order valence-electron chi connectivity index (χ0n) is 18.2. The Morgan fingerprint density at radius 2 is 1.81 bits per heavy atom. The van der Waals surface area contributed by atoms with E-state index < -0.39 is 5.60 Å². The van der Waals surface area contributed by atoms with Crippen LogP contribution < -0.4 is 10.1 Å². The fourth-order valence-electron chi connectivity index (χ4n) is 4.57. The van der Waals surface area contributed by atoms with Gasteiger partial charge < -0.3 is 15.2 Å². The second-order valence-corrected chi connectivity index (χ2v) is 9.81. The van der Waals surface area contributed by atoms with Crippen molar-refractivity contribution in [1.29, 1.82) is 0 Å². The summed E-state index contributed by atoms with van der Waals surface area (Å²) in [6, 6.07) is 15.9. The predicted molar refractivity (Wildman–Crippen MR) is 128 cm³/mol. The van der Waals surface area contributed by atoms with E-state index in [0.717, 1.165) is 46.0 Å². The van der Waals surface area contributed by atoms with Crippen molar-refractivity contribution < 1.29 is 9.84 Å². The molecule has 1 fully saturated rings. The van der Waals surface area contributed by atoms with Crippen LogP contribution in [0.15, 0.2) is 60.9 Å². The number of thiazole rings is 1. The Balaban J connectivity index is 1.33. The number of fused-ring (bicyclic) bond motifs is 1. The number of aromatic nitrogens is 3. The van der Waals surface area contributed by atoms with E-state index in [-0.39, 0.29) is 11.8 Å². The maximum atomic E-state index is 10.6. The zero-order valence-corrected chi connectivity index (χ0v) is 19.0. The molecular weight excluding hydrogens is 420 g/mol. The molecule has 1 unspecified atom stereocenters. The monoisotopic (exact) mass is 446 g/mol. The molecule has 2 N–H and O–H groups in total. The van der Waals surface area contributed by atoms with Crippen molar-refractivity contribution >= 4 is 32.4 Å². The van der Waals surface area contributed by atoms with E-state index in [2.05, 4.69) is 26.3 Å². The highest BCUT2D eigenvalue weighted by Gasteiger charge is 2.40. The third-order valence-electron chi connectivity index (χ3n) is 6.08. The van der Waals surface area contributed by atoms with Crippen LogP contribution >= 0.6 is 11.3 Å². The van der Waals surface area contributed by atoms with Gasteiger partial charge in [-0.25, -0.2) is 9.97 Å². The Hall–Kier alpha value is -3.03. The van der Waals surface area contributed by atoms with Gasteiger partial charge in [0, 0.05) is 24.0 Å². The van der Waals surface area contributed by atoms with Gasteiger partial charge in [-0.2, -0.15) is 0 Å². The molecule has 4 aromatic rings. The molecule has 2 aromatic heterocycles. The van der Waals surface area contributed by atoms with Crippen molar-refractivity contribution in [3.8, 4) is 11.6 Å². The Morgan fingerprint density at radius 1 is 1.03 bits per heavy atom. The van der Waals surface area contributed by atoms with Crippen molar-refractivity contribution in [2.75, 3.05) is 5.32 Å². The number of aliphatic hydroxyl groups is 1. The molecule has 2 atom stereocenters. The molecule has 5 rings (SSSR count). The first-order chi connectivity index (χ1) is 15.5. The van der Waals surface area contributed by atoms with Gasteiger partial charge in [-0.05, 0) is 69.0 Å². The molecule has 0 aliphatic heterocycles. The standard InChI is InChI=1S/C25H26N4O2S/c1-25(2,30)19-7-5-6-18(19)22-23(27-15-14-26-22)31-17-12-10-16(11-13-17)28-24-29-20-8-3-4-9-21(20)32-24/h3-4,8-15,18-19,30H,5-7H2,1-2H3,(H,28,29)/t18?,19-/m1/s1. The molecule has 2 heterocycles. The minimum atomic E-state index is -0.760. The summed E-state index contributed by atoms with van der Waals surface area (Å²) in [6.07, 6.45) is 6.38. The minimum Gasteiger partial charge on any atom is -0.437 e. The van der Waals surface area contributed by atoms with Crippen LogP contribution in [0.5, 0.6) is 11.6 Å². The summed E-state index contributed by atoms with van der Waals surface area (Å²) in [7, 11) is 0. The van der Waals surface area contributed by atoms with E-state index >= 15 is 0 Å². The van der Waals surface area contributed by atoms with Crippen molar-refractivity contribution in [3.63, 3.8) is 0 Å². The SMILES string of the molecule is CC(C)(O)[C@@H]1CCCC1c1nccnc1Oc1ccc(Nc2nc3ccccc3s2)cc1. The van der Waals surface area contributed by atoms with E-state index in [1.807, 2.05) is 56.3 Å². The van der Waals surface area contributed by atoms with E-state index in [4.69, 9.17) is 4.74 Å². The summed E-state index contributed by atoms with van der Waals surface area (Å²) in [6.45, 7) is 3.76. The molecule has 0 spiro atoms. The lowest BCUT2D eigenvalue weighted by Crippen LogP contribution is -2.32. The molecule has 1 aliphatic carbocycles. The normalized spacial score (nSPS) is 18.7. The average molecular weight is 447 g/mol. The summed E-state index contributed by atoms with van der Waals surface area (Å²) >= 11 is 1.62. The lowest BCUT2D eigenvalue weighted by atomic mass is 9.81. The van der Waals surface area contributed by atoms with Gasteiger partial charge in [0.1, 0.15) is 11.4 Å². The van der Waals surface area contributed by atoms with Gasteiger partial charge >= 0.3 is 0 Å². The highest BCUT2D eigenvalue weighted by molar-refractivity contribution is 7.22. The maximum absolute atomic E-state index is 10.6. The summed E-state index contributed by atoms with van der Waals surface area (Å²) in [5.74, 6) is 1.49.